The van der Waals surface area contributed by atoms with Crippen molar-refractivity contribution < 1.29 is 14.6 Å². The number of ketones is 1. The minimum Gasteiger partial charge on any atom is -0.389 e. The first-order valence-electron chi connectivity index (χ1n) is 5.61. The Morgan fingerprint density at radius 3 is 2.53 bits per heavy atom. The lowest BCUT2D eigenvalue weighted by Crippen LogP contribution is -2.40. The molecule has 1 N–H and O–H groups in total. The molecule has 1 aliphatic heterocycles. The molecule has 0 spiro atoms. The van der Waals surface area contributed by atoms with E-state index in [0.29, 0.717) is 31.8 Å². The fraction of sp³-hybridized carbons (Fsp3) is 0.909. The lowest BCUT2D eigenvalue weighted by atomic mass is 10.1. The Labute approximate surface area is 91.2 Å². The highest BCUT2D eigenvalue weighted by Crippen LogP contribution is 2.06. The van der Waals surface area contributed by atoms with Crippen molar-refractivity contribution in [3.05, 3.63) is 0 Å². The SMILES string of the molecule is CC(C)OCC(O)CN1CCC(=O)CC1. The zero-order valence-electron chi connectivity index (χ0n) is 9.61. The number of aliphatic hydroxyl groups excluding tert-OH is 1. The highest BCUT2D eigenvalue weighted by molar-refractivity contribution is 5.79. The maximum atomic E-state index is 11.0. The third-order valence-corrected chi connectivity index (χ3v) is 2.50. The van der Waals surface area contributed by atoms with Gasteiger partial charge in [-0.25, -0.2) is 0 Å². The maximum absolute atomic E-state index is 11.0. The number of rotatable bonds is 5. The van der Waals surface area contributed by atoms with E-state index in [-0.39, 0.29) is 6.10 Å². The Bertz CT molecular complexity index is 196. The lowest BCUT2D eigenvalue weighted by molar-refractivity contribution is -0.121. The number of nitrogens with zero attached hydrogens (tertiary/aromatic N) is 1. The first-order valence-corrected chi connectivity index (χ1v) is 5.61. The van der Waals surface area contributed by atoms with Crippen molar-refractivity contribution in [2.24, 2.45) is 0 Å². The lowest BCUT2D eigenvalue weighted by Gasteiger charge is -2.28. The summed E-state index contributed by atoms with van der Waals surface area (Å²) in [5, 5.41) is 9.66. The molecule has 15 heavy (non-hydrogen) atoms. The second-order valence-electron chi connectivity index (χ2n) is 4.38. The molecule has 0 aromatic heterocycles. The van der Waals surface area contributed by atoms with Gasteiger partial charge in [0.15, 0.2) is 0 Å². The van der Waals surface area contributed by atoms with Crippen LogP contribution >= 0.6 is 0 Å². The summed E-state index contributed by atoms with van der Waals surface area (Å²) in [5.41, 5.74) is 0. The standard InChI is InChI=1S/C11H21NO3/c1-9(2)15-8-11(14)7-12-5-3-10(13)4-6-12/h9,11,14H,3-8H2,1-2H3. The van der Waals surface area contributed by atoms with Crippen molar-refractivity contribution >= 4 is 5.78 Å². The number of hydrogen-bond acceptors (Lipinski definition) is 4. The van der Waals surface area contributed by atoms with Gasteiger partial charge in [-0.05, 0) is 13.8 Å². The molecule has 0 aliphatic carbocycles. The Balaban J connectivity index is 2.14. The van der Waals surface area contributed by atoms with E-state index < -0.39 is 6.10 Å². The Kier molecular flexibility index (Phi) is 5.22. The Morgan fingerprint density at radius 1 is 1.40 bits per heavy atom. The third-order valence-electron chi connectivity index (χ3n) is 2.50. The van der Waals surface area contributed by atoms with Crippen LogP contribution in [0.2, 0.25) is 0 Å². The van der Waals surface area contributed by atoms with Gasteiger partial charge >= 0.3 is 0 Å². The van der Waals surface area contributed by atoms with E-state index in [1.165, 1.54) is 0 Å². The number of likely N-dealkylation sites (tertiary alicyclic amines) is 1. The monoisotopic (exact) mass is 215 g/mol. The van der Waals surface area contributed by atoms with E-state index in [1.54, 1.807) is 0 Å². The summed E-state index contributed by atoms with van der Waals surface area (Å²) in [5.74, 6) is 0.333. The maximum Gasteiger partial charge on any atom is 0.135 e. The van der Waals surface area contributed by atoms with Crippen LogP contribution in [-0.4, -0.2) is 54.2 Å². The largest absolute Gasteiger partial charge is 0.389 e. The molecule has 0 aromatic rings. The van der Waals surface area contributed by atoms with Crippen LogP contribution < -0.4 is 0 Å². The summed E-state index contributed by atoms with van der Waals surface area (Å²) < 4.78 is 5.32. The average molecular weight is 215 g/mol. The van der Waals surface area contributed by atoms with Crippen LogP contribution in [0.4, 0.5) is 0 Å². The van der Waals surface area contributed by atoms with Crippen LogP contribution in [-0.2, 0) is 9.53 Å². The molecular formula is C11H21NO3. The number of carbonyl (C=O) groups is 1. The summed E-state index contributed by atoms with van der Waals surface area (Å²) >= 11 is 0. The second-order valence-corrected chi connectivity index (χ2v) is 4.38. The van der Waals surface area contributed by atoms with E-state index in [2.05, 4.69) is 4.90 Å². The quantitative estimate of drug-likeness (QED) is 0.723. The van der Waals surface area contributed by atoms with Gasteiger partial charge in [0.05, 0.1) is 18.8 Å². The molecule has 0 radical (unpaired) electrons. The first kappa shape index (κ1) is 12.6. The summed E-state index contributed by atoms with van der Waals surface area (Å²) in [6.45, 7) is 6.44. The zero-order valence-corrected chi connectivity index (χ0v) is 9.61. The molecule has 88 valence electrons. The van der Waals surface area contributed by atoms with Crippen LogP contribution in [0.15, 0.2) is 0 Å². The number of hydrogen-bond donors (Lipinski definition) is 1. The summed E-state index contributed by atoms with van der Waals surface area (Å²) in [7, 11) is 0. The molecule has 0 amide bonds. The molecule has 4 heteroatoms. The smallest absolute Gasteiger partial charge is 0.135 e. The van der Waals surface area contributed by atoms with E-state index in [4.69, 9.17) is 4.74 Å². The fourth-order valence-electron chi connectivity index (χ4n) is 1.64. The molecule has 1 rings (SSSR count). The summed E-state index contributed by atoms with van der Waals surface area (Å²) in [4.78, 5) is 13.1. The predicted octanol–water partition coefficient (Wildman–Crippen LogP) is 0.437. The van der Waals surface area contributed by atoms with Gasteiger partial charge in [0.2, 0.25) is 0 Å². The van der Waals surface area contributed by atoms with Crippen molar-refractivity contribution in [1.29, 1.82) is 0 Å². The zero-order chi connectivity index (χ0) is 11.3. The van der Waals surface area contributed by atoms with Gasteiger partial charge < -0.3 is 9.84 Å². The van der Waals surface area contributed by atoms with Crippen LogP contribution in [0.25, 0.3) is 0 Å². The first-order chi connectivity index (χ1) is 7.08. The fourth-order valence-corrected chi connectivity index (χ4v) is 1.64. The average Bonchev–Trinajstić information content (AvgIpc) is 2.19. The molecule has 1 fully saturated rings. The van der Waals surface area contributed by atoms with Crippen LogP contribution in [0.1, 0.15) is 26.7 Å². The van der Waals surface area contributed by atoms with Crippen LogP contribution in [0.5, 0.6) is 0 Å². The molecule has 1 unspecified atom stereocenters. The molecule has 1 saturated heterocycles. The molecule has 1 heterocycles. The van der Waals surface area contributed by atoms with E-state index >= 15 is 0 Å². The second kappa shape index (κ2) is 6.20. The predicted molar refractivity (Wildman–Crippen MR) is 57.8 cm³/mol. The van der Waals surface area contributed by atoms with E-state index in [0.717, 1.165) is 13.1 Å². The molecule has 0 aromatic carbocycles. The van der Waals surface area contributed by atoms with Crippen LogP contribution in [0.3, 0.4) is 0 Å². The van der Waals surface area contributed by atoms with Gasteiger partial charge in [0.1, 0.15) is 5.78 Å². The molecule has 1 aliphatic rings. The van der Waals surface area contributed by atoms with Gasteiger partial charge in [-0.2, -0.15) is 0 Å². The number of aliphatic hydroxyl groups is 1. The Hall–Kier alpha value is -0.450. The molecule has 4 nitrogen and oxygen atoms in total. The minimum atomic E-state index is -0.444. The highest BCUT2D eigenvalue weighted by atomic mass is 16.5. The van der Waals surface area contributed by atoms with Crippen LogP contribution in [0, 0.1) is 0 Å². The van der Waals surface area contributed by atoms with Gasteiger partial charge in [-0.1, -0.05) is 0 Å². The van der Waals surface area contributed by atoms with Gasteiger partial charge in [-0.3, -0.25) is 9.69 Å². The molecular weight excluding hydrogens is 194 g/mol. The topological polar surface area (TPSA) is 49.8 Å². The third kappa shape index (κ3) is 5.25. The number of Topliss-reactive ketones (excluding diaryl/α,β-unsaturated/α-hetero) is 1. The molecule has 0 saturated carbocycles. The Morgan fingerprint density at radius 2 is 2.00 bits per heavy atom. The van der Waals surface area contributed by atoms with Gasteiger partial charge in [0, 0.05) is 32.5 Å². The number of carbonyl (C=O) groups excluding carboxylic acids is 1. The molecule has 0 bridgehead atoms. The number of piperidine rings is 1. The van der Waals surface area contributed by atoms with Crippen molar-refractivity contribution in [2.75, 3.05) is 26.2 Å². The van der Waals surface area contributed by atoms with Crippen molar-refractivity contribution in [3.8, 4) is 0 Å². The van der Waals surface area contributed by atoms with Crippen molar-refractivity contribution in [3.63, 3.8) is 0 Å². The summed E-state index contributed by atoms with van der Waals surface area (Å²) in [6.07, 6.45) is 0.957. The molecule has 1 atom stereocenters. The number of β-amino-alcohol motifs (C(OH)–C–C–N with tert-alkyl or cyclic N) is 1. The number of ether oxygens (including phenoxy) is 1. The normalized spacial score (nSPS) is 20.9. The minimum absolute atomic E-state index is 0.155. The van der Waals surface area contributed by atoms with E-state index in [1.807, 2.05) is 13.8 Å². The van der Waals surface area contributed by atoms with Gasteiger partial charge in [0.25, 0.3) is 0 Å². The van der Waals surface area contributed by atoms with E-state index in [9.17, 15) is 9.90 Å². The van der Waals surface area contributed by atoms with Gasteiger partial charge in [-0.15, -0.1) is 0 Å². The van der Waals surface area contributed by atoms with Crippen molar-refractivity contribution in [1.82, 2.24) is 4.90 Å². The summed E-state index contributed by atoms with van der Waals surface area (Å²) in [6, 6.07) is 0. The highest BCUT2D eigenvalue weighted by Gasteiger charge is 2.18. The van der Waals surface area contributed by atoms with Crippen molar-refractivity contribution in [2.45, 2.75) is 38.9 Å².